The fraction of sp³-hybridized carbons (Fsp3) is 0.188. The van der Waals surface area contributed by atoms with E-state index in [9.17, 15) is 5.26 Å². The zero-order valence-electron chi connectivity index (χ0n) is 12.7. The van der Waals surface area contributed by atoms with Crippen molar-refractivity contribution in [3.05, 3.63) is 42.2 Å². The minimum absolute atomic E-state index is 0.00372. The lowest BCUT2D eigenvalue weighted by molar-refractivity contribution is 0.242. The second-order valence-electron chi connectivity index (χ2n) is 5.13. The lowest BCUT2D eigenvalue weighted by atomic mass is 10.1. The molecule has 1 aromatic carbocycles. The molecular formula is C16H14N6O. The number of aromatic nitrogens is 5. The summed E-state index contributed by atoms with van der Waals surface area (Å²) in [5.41, 5.74) is 1.99. The summed E-state index contributed by atoms with van der Waals surface area (Å²) in [6.45, 7) is 3.83. The maximum absolute atomic E-state index is 9.29. The number of nitrogens with zero attached hydrogens (tertiary/aromatic N) is 5. The predicted octanol–water partition coefficient (Wildman–Crippen LogP) is 2.59. The molecule has 0 aliphatic rings. The number of hydrogen-bond acceptors (Lipinski definition) is 6. The normalized spacial score (nSPS) is 10.5. The van der Waals surface area contributed by atoms with Crippen molar-refractivity contribution in [2.45, 2.75) is 20.0 Å². The molecule has 0 radical (unpaired) electrons. The van der Waals surface area contributed by atoms with Gasteiger partial charge in [0.05, 0.1) is 24.1 Å². The Labute approximate surface area is 133 Å². The Morgan fingerprint density at radius 1 is 1.17 bits per heavy atom. The highest BCUT2D eigenvalue weighted by Crippen LogP contribution is 2.26. The number of hydrogen-bond donors (Lipinski definition) is 1. The lowest BCUT2D eigenvalue weighted by Crippen LogP contribution is -2.06. The fourth-order valence-electron chi connectivity index (χ4n) is 2.06. The van der Waals surface area contributed by atoms with E-state index in [1.165, 1.54) is 0 Å². The van der Waals surface area contributed by atoms with Gasteiger partial charge < -0.3 is 4.74 Å². The van der Waals surface area contributed by atoms with Crippen molar-refractivity contribution >= 4 is 0 Å². The van der Waals surface area contributed by atoms with E-state index < -0.39 is 0 Å². The van der Waals surface area contributed by atoms with E-state index in [0.717, 1.165) is 11.1 Å². The third-order valence-corrected chi connectivity index (χ3v) is 3.06. The highest BCUT2D eigenvalue weighted by molar-refractivity contribution is 5.64. The Morgan fingerprint density at radius 3 is 2.74 bits per heavy atom. The van der Waals surface area contributed by atoms with Crippen LogP contribution in [0.5, 0.6) is 5.75 Å². The maximum Gasteiger partial charge on any atom is 0.183 e. The van der Waals surface area contributed by atoms with Gasteiger partial charge in [-0.05, 0) is 38.1 Å². The van der Waals surface area contributed by atoms with Crippen LogP contribution in [0.25, 0.3) is 22.8 Å². The van der Waals surface area contributed by atoms with Gasteiger partial charge in [-0.15, -0.1) is 0 Å². The highest BCUT2D eigenvalue weighted by Gasteiger charge is 2.12. The Morgan fingerprint density at radius 2 is 2.04 bits per heavy atom. The monoisotopic (exact) mass is 306 g/mol. The quantitative estimate of drug-likeness (QED) is 0.795. The van der Waals surface area contributed by atoms with Crippen molar-refractivity contribution in [3.63, 3.8) is 0 Å². The topological polar surface area (TPSA) is 100 Å². The molecule has 0 unspecified atom stereocenters. The van der Waals surface area contributed by atoms with Crippen molar-refractivity contribution in [2.75, 3.05) is 0 Å². The molecule has 0 aliphatic heterocycles. The standard InChI is InChI=1S/C16H14N6O/c1-10(2)23-14-4-3-11(7-13(14)8-17)15-20-16(22-21-15)12-5-6-18-19-9-12/h3-7,9-10H,1-2H3,(H,20,21,22). The van der Waals surface area contributed by atoms with Gasteiger partial charge in [0.15, 0.2) is 11.6 Å². The van der Waals surface area contributed by atoms with Crippen molar-refractivity contribution in [2.24, 2.45) is 0 Å². The molecule has 7 nitrogen and oxygen atoms in total. The minimum Gasteiger partial charge on any atom is -0.490 e. The smallest absolute Gasteiger partial charge is 0.183 e. The molecule has 2 aromatic heterocycles. The van der Waals surface area contributed by atoms with Crippen molar-refractivity contribution < 1.29 is 4.74 Å². The van der Waals surface area contributed by atoms with Crippen LogP contribution in [-0.4, -0.2) is 31.5 Å². The third kappa shape index (κ3) is 3.16. The zero-order valence-corrected chi connectivity index (χ0v) is 12.7. The molecule has 3 rings (SSSR count). The summed E-state index contributed by atoms with van der Waals surface area (Å²) < 4.78 is 5.62. The van der Waals surface area contributed by atoms with Gasteiger partial charge in [0.2, 0.25) is 0 Å². The average molecular weight is 306 g/mol. The van der Waals surface area contributed by atoms with Crippen molar-refractivity contribution in [1.82, 2.24) is 25.4 Å². The molecule has 114 valence electrons. The van der Waals surface area contributed by atoms with Gasteiger partial charge in [-0.25, -0.2) is 4.98 Å². The van der Waals surface area contributed by atoms with Gasteiger partial charge in [0.25, 0.3) is 0 Å². The first kappa shape index (κ1) is 14.7. The predicted molar refractivity (Wildman–Crippen MR) is 83.3 cm³/mol. The van der Waals surface area contributed by atoms with Gasteiger partial charge in [-0.1, -0.05) is 0 Å². The Hall–Kier alpha value is -3.27. The molecule has 0 amide bonds. The van der Waals surface area contributed by atoms with Gasteiger partial charge >= 0.3 is 0 Å². The molecule has 7 heteroatoms. The fourth-order valence-corrected chi connectivity index (χ4v) is 2.06. The van der Waals surface area contributed by atoms with Crippen LogP contribution in [0.3, 0.4) is 0 Å². The molecule has 3 aromatic rings. The number of nitrogens with one attached hydrogen (secondary N) is 1. The van der Waals surface area contributed by atoms with E-state index >= 15 is 0 Å². The molecule has 0 bridgehead atoms. The zero-order chi connectivity index (χ0) is 16.2. The van der Waals surface area contributed by atoms with Gasteiger partial charge in [0.1, 0.15) is 11.8 Å². The van der Waals surface area contributed by atoms with Crippen LogP contribution in [0.2, 0.25) is 0 Å². The summed E-state index contributed by atoms with van der Waals surface area (Å²) in [6.07, 6.45) is 3.17. The first-order valence-corrected chi connectivity index (χ1v) is 7.08. The van der Waals surface area contributed by atoms with Crippen LogP contribution in [0, 0.1) is 11.3 Å². The molecule has 0 spiro atoms. The number of ether oxygens (including phenoxy) is 1. The van der Waals surface area contributed by atoms with Crippen LogP contribution in [-0.2, 0) is 0 Å². The SMILES string of the molecule is CC(C)Oc1ccc(-c2nc(-c3ccnnc3)n[nH]2)cc1C#N. The van der Waals surface area contributed by atoms with Crippen molar-refractivity contribution in [1.29, 1.82) is 5.26 Å². The van der Waals surface area contributed by atoms with Gasteiger partial charge in [0, 0.05) is 11.1 Å². The number of benzene rings is 1. The number of rotatable bonds is 4. The highest BCUT2D eigenvalue weighted by atomic mass is 16.5. The largest absolute Gasteiger partial charge is 0.490 e. The second kappa shape index (κ2) is 6.23. The summed E-state index contributed by atoms with van der Waals surface area (Å²) in [5.74, 6) is 1.66. The average Bonchev–Trinajstić information content (AvgIpc) is 3.05. The molecule has 0 fully saturated rings. The lowest BCUT2D eigenvalue weighted by Gasteiger charge is -2.11. The second-order valence-corrected chi connectivity index (χ2v) is 5.13. The summed E-state index contributed by atoms with van der Waals surface area (Å²) in [4.78, 5) is 4.43. The first-order chi connectivity index (χ1) is 11.2. The third-order valence-electron chi connectivity index (χ3n) is 3.06. The summed E-state index contributed by atoms with van der Waals surface area (Å²) in [5, 5.41) is 23.9. The van der Waals surface area contributed by atoms with E-state index in [-0.39, 0.29) is 6.10 Å². The Kier molecular flexibility index (Phi) is 3.97. The molecule has 0 saturated carbocycles. The minimum atomic E-state index is 0.00372. The molecule has 0 saturated heterocycles. The van der Waals surface area contributed by atoms with Gasteiger partial charge in [-0.3, -0.25) is 5.10 Å². The summed E-state index contributed by atoms with van der Waals surface area (Å²) in [6, 6.07) is 9.26. The number of H-pyrrole nitrogens is 1. The number of aromatic amines is 1. The van der Waals surface area contributed by atoms with E-state index in [0.29, 0.717) is 23.0 Å². The van der Waals surface area contributed by atoms with Crippen LogP contribution < -0.4 is 4.74 Å². The summed E-state index contributed by atoms with van der Waals surface area (Å²) in [7, 11) is 0. The van der Waals surface area contributed by atoms with E-state index in [1.54, 1.807) is 30.6 Å². The Balaban J connectivity index is 1.94. The molecule has 23 heavy (non-hydrogen) atoms. The summed E-state index contributed by atoms with van der Waals surface area (Å²) >= 11 is 0. The van der Waals surface area contributed by atoms with Gasteiger partial charge in [-0.2, -0.15) is 20.6 Å². The van der Waals surface area contributed by atoms with Crippen molar-refractivity contribution in [3.8, 4) is 34.6 Å². The molecule has 1 N–H and O–H groups in total. The van der Waals surface area contributed by atoms with Crippen LogP contribution in [0.15, 0.2) is 36.7 Å². The molecule has 0 aliphatic carbocycles. The Bertz CT molecular complexity index is 851. The maximum atomic E-state index is 9.29. The molecule has 0 atom stereocenters. The van der Waals surface area contributed by atoms with Crippen LogP contribution in [0.1, 0.15) is 19.4 Å². The van der Waals surface area contributed by atoms with Crippen LogP contribution >= 0.6 is 0 Å². The number of nitriles is 1. The van der Waals surface area contributed by atoms with Crippen LogP contribution in [0.4, 0.5) is 0 Å². The molecular weight excluding hydrogens is 292 g/mol. The first-order valence-electron chi connectivity index (χ1n) is 7.08. The van der Waals surface area contributed by atoms with E-state index in [1.807, 2.05) is 19.9 Å². The van der Waals surface area contributed by atoms with E-state index in [2.05, 4.69) is 31.4 Å². The molecule has 2 heterocycles. The van der Waals surface area contributed by atoms with E-state index in [4.69, 9.17) is 4.74 Å².